The highest BCUT2D eigenvalue weighted by Crippen LogP contribution is 2.45. The van der Waals surface area contributed by atoms with E-state index in [1.165, 1.54) is 0 Å². The maximum absolute atomic E-state index is 14.0. The monoisotopic (exact) mass is 732 g/mol. The van der Waals surface area contributed by atoms with Gasteiger partial charge in [-0.05, 0) is 44.9 Å². The summed E-state index contributed by atoms with van der Waals surface area (Å²) in [6, 6.07) is 44.2. The Kier molecular flexibility index (Phi) is 10.9. The van der Waals surface area contributed by atoms with E-state index in [9.17, 15) is 19.5 Å². The van der Waals surface area contributed by atoms with Gasteiger partial charge in [-0.25, -0.2) is 14.6 Å². The highest BCUT2D eigenvalue weighted by molar-refractivity contribution is 5.89. The molecule has 2 amide bonds. The summed E-state index contributed by atoms with van der Waals surface area (Å²) < 4.78 is 7.87. The van der Waals surface area contributed by atoms with E-state index in [-0.39, 0.29) is 24.9 Å². The number of aromatic nitrogens is 2. The molecule has 9 heteroatoms. The topological polar surface area (TPSA) is 123 Å². The number of benzene rings is 5. The molecule has 278 valence electrons. The smallest absolute Gasteiger partial charge is 0.407 e. The number of nitrogens with zero attached hydrogens (tertiary/aromatic N) is 2. The van der Waals surface area contributed by atoms with Crippen LogP contribution in [0.5, 0.6) is 0 Å². The summed E-state index contributed by atoms with van der Waals surface area (Å²) in [6.07, 6.45) is 3.35. The van der Waals surface area contributed by atoms with E-state index >= 15 is 0 Å². The number of carboxylic acids is 1. The van der Waals surface area contributed by atoms with E-state index in [1.54, 1.807) is 13.3 Å². The summed E-state index contributed by atoms with van der Waals surface area (Å²) in [5, 5.41) is 15.5. The third kappa shape index (κ3) is 7.38. The highest BCUT2D eigenvalue weighted by Gasteiger charge is 2.39. The number of ether oxygens (including phenoxy) is 1. The van der Waals surface area contributed by atoms with Gasteiger partial charge in [-0.1, -0.05) is 160 Å². The molecule has 0 bridgehead atoms. The van der Waals surface area contributed by atoms with Gasteiger partial charge < -0.3 is 25.0 Å². The third-order valence-corrected chi connectivity index (χ3v) is 10.7. The van der Waals surface area contributed by atoms with Gasteiger partial charge in [0.2, 0.25) is 5.91 Å². The standard InChI is InChI=1S/C46H44N4O5/c1-3-31(2)42(44(52)53)49-43(51)41(48-45(54)55-29-40-38-25-15-13-23-36(38)37-24-14-16-26-39(37)40)27-35-28-50(30-47-35)46(32-17-7-4-8-18-32,33-19-9-5-10-20-33)34-21-11-6-12-22-34/h4-26,28,30-31,40-42H,3,27,29H2,1-2H3,(H,48,54)(H,49,51)(H,52,53)/t31-,41-,42-/m0/s1. The molecule has 0 fully saturated rings. The first kappa shape index (κ1) is 36.9. The lowest BCUT2D eigenvalue weighted by molar-refractivity contribution is -0.143. The zero-order valence-corrected chi connectivity index (χ0v) is 30.8. The molecule has 0 saturated heterocycles. The number of carboxylic acid groups (broad SMARTS) is 1. The molecule has 55 heavy (non-hydrogen) atoms. The molecule has 0 unspecified atom stereocenters. The molecule has 9 nitrogen and oxygen atoms in total. The highest BCUT2D eigenvalue weighted by atomic mass is 16.5. The van der Waals surface area contributed by atoms with E-state index < -0.39 is 35.6 Å². The summed E-state index contributed by atoms with van der Waals surface area (Å²) >= 11 is 0. The Balaban J connectivity index is 1.20. The van der Waals surface area contributed by atoms with Crippen molar-refractivity contribution in [3.05, 3.63) is 186 Å². The van der Waals surface area contributed by atoms with Gasteiger partial charge in [-0.2, -0.15) is 0 Å². The number of imidazole rings is 1. The van der Waals surface area contributed by atoms with E-state index in [2.05, 4.69) is 59.2 Å². The number of rotatable bonds is 14. The Morgan fingerprint density at radius 1 is 0.745 bits per heavy atom. The van der Waals surface area contributed by atoms with Crippen molar-refractivity contribution in [2.75, 3.05) is 6.61 Å². The Bertz CT molecular complexity index is 2110. The third-order valence-electron chi connectivity index (χ3n) is 10.7. The fourth-order valence-corrected chi connectivity index (χ4v) is 7.78. The molecule has 1 aliphatic carbocycles. The minimum absolute atomic E-state index is 0.0235. The molecule has 3 atom stereocenters. The number of nitrogens with one attached hydrogen (secondary N) is 2. The van der Waals surface area contributed by atoms with Crippen molar-refractivity contribution in [3.8, 4) is 11.1 Å². The van der Waals surface area contributed by atoms with Crippen LogP contribution in [0.15, 0.2) is 152 Å². The van der Waals surface area contributed by atoms with Crippen LogP contribution >= 0.6 is 0 Å². The maximum atomic E-state index is 14.0. The van der Waals surface area contributed by atoms with E-state index in [0.29, 0.717) is 12.1 Å². The minimum atomic E-state index is -1.19. The molecule has 0 aliphatic heterocycles. The number of fused-ring (bicyclic) bond motifs is 3. The number of alkyl carbamates (subject to hydrolysis) is 1. The first-order valence-electron chi connectivity index (χ1n) is 18.7. The second-order valence-electron chi connectivity index (χ2n) is 14.0. The second kappa shape index (κ2) is 16.3. The molecule has 1 aromatic heterocycles. The zero-order chi connectivity index (χ0) is 38.4. The summed E-state index contributed by atoms with van der Waals surface area (Å²) in [5.41, 5.74) is 7.01. The average molecular weight is 733 g/mol. The van der Waals surface area contributed by atoms with Crippen LogP contribution in [0.3, 0.4) is 0 Å². The normalized spacial score (nSPS) is 13.9. The molecule has 0 spiro atoms. The second-order valence-corrected chi connectivity index (χ2v) is 14.0. The molecule has 1 aliphatic rings. The first-order chi connectivity index (χ1) is 26.8. The minimum Gasteiger partial charge on any atom is -0.480 e. The predicted octanol–water partition coefficient (Wildman–Crippen LogP) is 7.79. The predicted molar refractivity (Wildman–Crippen MR) is 212 cm³/mol. The van der Waals surface area contributed by atoms with Gasteiger partial charge in [0.15, 0.2) is 0 Å². The van der Waals surface area contributed by atoms with Gasteiger partial charge in [-0.3, -0.25) is 4.79 Å². The van der Waals surface area contributed by atoms with E-state index in [0.717, 1.165) is 38.9 Å². The largest absolute Gasteiger partial charge is 0.480 e. The number of hydrogen-bond acceptors (Lipinski definition) is 5. The van der Waals surface area contributed by atoms with Crippen LogP contribution in [0, 0.1) is 5.92 Å². The SMILES string of the molecule is CC[C@H](C)[C@H](NC(=O)[C@H](Cc1cn(C(c2ccccc2)(c2ccccc2)c2ccccc2)cn1)NC(=O)OCC1c2ccccc2-c2ccccc21)C(=O)O. The number of aliphatic carboxylic acids is 1. The molecule has 7 rings (SSSR count). The fraction of sp³-hybridized carbons (Fsp3) is 0.217. The first-order valence-corrected chi connectivity index (χ1v) is 18.7. The van der Waals surface area contributed by atoms with Crippen LogP contribution in [0.1, 0.15) is 59.7 Å². The Morgan fingerprint density at radius 2 is 1.24 bits per heavy atom. The van der Waals surface area contributed by atoms with Gasteiger partial charge >= 0.3 is 12.1 Å². The van der Waals surface area contributed by atoms with Gasteiger partial charge in [-0.15, -0.1) is 0 Å². The van der Waals surface area contributed by atoms with Crippen molar-refractivity contribution in [2.45, 2.75) is 50.2 Å². The van der Waals surface area contributed by atoms with Crippen LogP contribution in [-0.2, 0) is 26.3 Å². The summed E-state index contributed by atoms with van der Waals surface area (Å²) in [5.74, 6) is -2.31. The Hall–Kier alpha value is -6.48. The number of hydrogen-bond donors (Lipinski definition) is 3. The molecule has 1 heterocycles. The summed E-state index contributed by atoms with van der Waals surface area (Å²) in [4.78, 5) is 44.6. The van der Waals surface area contributed by atoms with Crippen molar-refractivity contribution in [1.29, 1.82) is 0 Å². The van der Waals surface area contributed by atoms with E-state index in [1.807, 2.05) is 109 Å². The zero-order valence-electron chi connectivity index (χ0n) is 30.8. The van der Waals surface area contributed by atoms with Crippen LogP contribution < -0.4 is 10.6 Å². The van der Waals surface area contributed by atoms with Crippen molar-refractivity contribution < 1.29 is 24.2 Å². The van der Waals surface area contributed by atoms with Crippen molar-refractivity contribution in [1.82, 2.24) is 20.2 Å². The number of carbonyl (C=O) groups excluding carboxylic acids is 2. The maximum Gasteiger partial charge on any atom is 0.407 e. The summed E-state index contributed by atoms with van der Waals surface area (Å²) in [6.45, 7) is 3.69. The molecule has 5 aromatic carbocycles. The molecule has 0 radical (unpaired) electrons. The van der Waals surface area contributed by atoms with Gasteiger partial charge in [0.25, 0.3) is 0 Å². The van der Waals surface area contributed by atoms with Crippen LogP contribution in [0.4, 0.5) is 4.79 Å². The van der Waals surface area contributed by atoms with Crippen molar-refractivity contribution in [2.24, 2.45) is 5.92 Å². The lowest BCUT2D eigenvalue weighted by Gasteiger charge is -2.37. The molecule has 3 N–H and O–H groups in total. The van der Waals surface area contributed by atoms with Crippen molar-refractivity contribution >= 4 is 18.0 Å². The lowest BCUT2D eigenvalue weighted by atomic mass is 9.77. The van der Waals surface area contributed by atoms with Crippen LogP contribution in [0.25, 0.3) is 11.1 Å². The fourth-order valence-electron chi connectivity index (χ4n) is 7.78. The molecule has 0 saturated carbocycles. The van der Waals surface area contributed by atoms with Crippen LogP contribution in [-0.4, -0.2) is 51.3 Å². The molecular formula is C46H44N4O5. The Labute approximate surface area is 321 Å². The summed E-state index contributed by atoms with van der Waals surface area (Å²) in [7, 11) is 0. The van der Waals surface area contributed by atoms with Gasteiger partial charge in [0.05, 0.1) is 12.0 Å². The van der Waals surface area contributed by atoms with E-state index in [4.69, 9.17) is 9.72 Å². The van der Waals surface area contributed by atoms with Crippen LogP contribution in [0.2, 0.25) is 0 Å². The van der Waals surface area contributed by atoms with Crippen molar-refractivity contribution in [3.63, 3.8) is 0 Å². The quantitative estimate of drug-likeness (QED) is 0.0984. The van der Waals surface area contributed by atoms with Gasteiger partial charge in [0, 0.05) is 18.5 Å². The number of amides is 2. The number of carbonyl (C=O) groups is 3. The molecule has 6 aromatic rings. The Morgan fingerprint density at radius 3 is 1.73 bits per heavy atom. The lowest BCUT2D eigenvalue weighted by Crippen LogP contribution is -2.54. The average Bonchev–Trinajstić information content (AvgIpc) is 3.82. The van der Waals surface area contributed by atoms with Gasteiger partial charge in [0.1, 0.15) is 24.2 Å². The molecular weight excluding hydrogens is 689 g/mol.